The molecule has 2 aliphatic carbocycles. The minimum atomic E-state index is -0.0899. The molecule has 3 aliphatic rings. The zero-order chi connectivity index (χ0) is 16.4. The van der Waals surface area contributed by atoms with Crippen molar-refractivity contribution in [2.45, 2.75) is 37.6 Å². The Morgan fingerprint density at radius 1 is 1.25 bits per heavy atom. The molecule has 5 rings (SSSR count). The maximum Gasteiger partial charge on any atom is 0.276 e. The lowest BCUT2D eigenvalue weighted by Gasteiger charge is -2.30. The molecular formula is C18H16ClN3O2. The largest absolute Gasteiger partial charge is 0.338 e. The van der Waals surface area contributed by atoms with Gasteiger partial charge >= 0.3 is 0 Å². The Balaban J connectivity index is 1.59. The molecule has 122 valence electrons. The first-order valence-electron chi connectivity index (χ1n) is 8.34. The van der Waals surface area contributed by atoms with Crippen LogP contribution in [0.5, 0.6) is 0 Å². The lowest BCUT2D eigenvalue weighted by Crippen LogP contribution is -2.41. The summed E-state index contributed by atoms with van der Waals surface area (Å²) in [6.45, 7) is 1.25. The Labute approximate surface area is 144 Å². The molecule has 1 fully saturated rings. The van der Waals surface area contributed by atoms with Crippen molar-refractivity contribution in [1.82, 2.24) is 9.55 Å². The number of pyridine rings is 1. The molecule has 24 heavy (non-hydrogen) atoms. The van der Waals surface area contributed by atoms with Gasteiger partial charge in [0, 0.05) is 30.9 Å². The van der Waals surface area contributed by atoms with Crippen LogP contribution in [0.2, 0.25) is 5.02 Å². The van der Waals surface area contributed by atoms with Crippen molar-refractivity contribution in [2.24, 2.45) is 0 Å². The smallest absolute Gasteiger partial charge is 0.276 e. The van der Waals surface area contributed by atoms with E-state index in [4.69, 9.17) is 11.6 Å². The maximum absolute atomic E-state index is 13.0. The fraction of sp³-hybridized carbons (Fsp3) is 0.389. The highest BCUT2D eigenvalue weighted by Gasteiger charge is 2.43. The number of anilines is 1. The van der Waals surface area contributed by atoms with E-state index in [0.717, 1.165) is 12.2 Å². The summed E-state index contributed by atoms with van der Waals surface area (Å²) in [5.74, 6) is 1.51. The number of nitrogens with zero attached hydrogens (tertiary/aromatic N) is 3. The lowest BCUT2D eigenvalue weighted by atomic mass is 9.98. The Kier molecular flexibility index (Phi) is 2.92. The summed E-state index contributed by atoms with van der Waals surface area (Å²) < 4.78 is 2.20. The van der Waals surface area contributed by atoms with Crippen molar-refractivity contribution >= 4 is 29.6 Å². The number of amides is 1. The monoisotopic (exact) mass is 341 g/mol. The summed E-state index contributed by atoms with van der Waals surface area (Å²) in [5.41, 5.74) is 3.75. The first-order valence-corrected chi connectivity index (χ1v) is 8.71. The molecule has 1 amide bonds. The van der Waals surface area contributed by atoms with Crippen molar-refractivity contribution in [3.8, 4) is 0 Å². The molecule has 0 radical (unpaired) electrons. The van der Waals surface area contributed by atoms with E-state index < -0.39 is 0 Å². The predicted molar refractivity (Wildman–Crippen MR) is 90.1 cm³/mol. The molecule has 0 N–H and O–H groups in total. The molecule has 2 aromatic rings. The minimum Gasteiger partial charge on any atom is -0.338 e. The summed E-state index contributed by atoms with van der Waals surface area (Å²) in [5, 5.41) is 0.323. The molecular weight excluding hydrogens is 326 g/mol. The molecule has 3 heterocycles. The van der Waals surface area contributed by atoms with Crippen LogP contribution in [-0.2, 0) is 6.54 Å². The Morgan fingerprint density at radius 3 is 2.92 bits per heavy atom. The fourth-order valence-corrected chi connectivity index (χ4v) is 4.89. The third kappa shape index (κ3) is 1.73. The first-order chi connectivity index (χ1) is 11.7. The summed E-state index contributed by atoms with van der Waals surface area (Å²) in [7, 11) is 0. The third-order valence-corrected chi connectivity index (χ3v) is 6.06. The van der Waals surface area contributed by atoms with Gasteiger partial charge in [0.2, 0.25) is 0 Å². The number of carbonyl (C=O) groups excluding carboxylic acids is 2. The first kappa shape index (κ1) is 14.2. The van der Waals surface area contributed by atoms with Gasteiger partial charge in [-0.2, -0.15) is 0 Å². The van der Waals surface area contributed by atoms with Crippen LogP contribution in [0.1, 0.15) is 63.2 Å². The maximum atomic E-state index is 13.0. The second-order valence-electron chi connectivity index (χ2n) is 6.83. The van der Waals surface area contributed by atoms with Crippen molar-refractivity contribution < 1.29 is 9.59 Å². The van der Waals surface area contributed by atoms with Crippen LogP contribution in [-0.4, -0.2) is 28.3 Å². The normalized spacial score (nSPS) is 24.2. The predicted octanol–water partition coefficient (Wildman–Crippen LogP) is 3.37. The van der Waals surface area contributed by atoms with Crippen LogP contribution in [0, 0.1) is 0 Å². The molecule has 0 aromatic carbocycles. The van der Waals surface area contributed by atoms with Crippen LogP contribution in [0.15, 0.2) is 18.3 Å². The highest BCUT2D eigenvalue weighted by atomic mass is 35.5. The van der Waals surface area contributed by atoms with E-state index in [0.29, 0.717) is 35.5 Å². The van der Waals surface area contributed by atoms with Gasteiger partial charge in [0.1, 0.15) is 11.5 Å². The lowest BCUT2D eigenvalue weighted by molar-refractivity contribution is 0.0963. The van der Waals surface area contributed by atoms with Gasteiger partial charge in [-0.05, 0) is 42.9 Å². The Morgan fingerprint density at radius 2 is 2.08 bits per heavy atom. The summed E-state index contributed by atoms with van der Waals surface area (Å²) in [6.07, 6.45) is 5.93. The van der Waals surface area contributed by atoms with Gasteiger partial charge in [0.05, 0.1) is 10.6 Å². The van der Waals surface area contributed by atoms with E-state index in [1.165, 1.54) is 36.7 Å². The van der Waals surface area contributed by atoms with Gasteiger partial charge in [0.25, 0.3) is 5.91 Å². The van der Waals surface area contributed by atoms with Crippen molar-refractivity contribution in [2.75, 3.05) is 11.4 Å². The van der Waals surface area contributed by atoms with Crippen LogP contribution < -0.4 is 4.90 Å². The van der Waals surface area contributed by atoms with E-state index >= 15 is 0 Å². The van der Waals surface area contributed by atoms with Crippen LogP contribution in [0.3, 0.4) is 0 Å². The molecule has 5 nitrogen and oxygen atoms in total. The van der Waals surface area contributed by atoms with Crippen LogP contribution >= 0.6 is 11.6 Å². The fourth-order valence-electron chi connectivity index (χ4n) is 4.70. The average Bonchev–Trinajstić information content (AvgIpc) is 3.27. The molecule has 6 heteroatoms. The van der Waals surface area contributed by atoms with Crippen LogP contribution in [0.25, 0.3) is 0 Å². The Hall–Kier alpha value is -2.14. The van der Waals surface area contributed by atoms with Gasteiger partial charge in [-0.15, -0.1) is 0 Å². The van der Waals surface area contributed by atoms with Crippen molar-refractivity contribution in [1.29, 1.82) is 0 Å². The second-order valence-corrected chi connectivity index (χ2v) is 7.24. The van der Waals surface area contributed by atoms with E-state index in [2.05, 4.69) is 15.6 Å². The number of hydrogen-bond donors (Lipinski definition) is 0. The molecule has 1 aliphatic heterocycles. The molecule has 0 unspecified atom stereocenters. The molecule has 1 saturated carbocycles. The average molecular weight is 342 g/mol. The number of hydrogen-bond acceptors (Lipinski definition) is 3. The number of rotatable bonds is 2. The zero-order valence-electron chi connectivity index (χ0n) is 13.0. The molecule has 0 saturated heterocycles. The van der Waals surface area contributed by atoms with Crippen molar-refractivity contribution in [3.63, 3.8) is 0 Å². The summed E-state index contributed by atoms with van der Waals surface area (Å²) in [4.78, 5) is 30.3. The number of fused-ring (bicyclic) bond motifs is 7. The number of halogens is 1. The standard InChI is InChI=1S/C18H16ClN3O2/c19-14-3-4-20-17(13(14)9-23)22-6-5-21-15(18(22)24)8-12-10-1-2-11(7-10)16(12)21/h3-4,8-11H,1-2,5-7H2/t10-,11+/m1/s1. The molecule has 0 spiro atoms. The van der Waals surface area contributed by atoms with Crippen molar-refractivity contribution in [3.05, 3.63) is 45.9 Å². The number of aldehydes is 1. The quantitative estimate of drug-likeness (QED) is 0.787. The van der Waals surface area contributed by atoms with Gasteiger partial charge < -0.3 is 4.57 Å². The number of carbonyl (C=O) groups is 2. The zero-order valence-corrected chi connectivity index (χ0v) is 13.8. The molecule has 2 atom stereocenters. The minimum absolute atomic E-state index is 0.0899. The van der Waals surface area contributed by atoms with E-state index in [1.807, 2.05) is 0 Å². The molecule has 2 bridgehead atoms. The van der Waals surface area contributed by atoms with Gasteiger partial charge in [-0.3, -0.25) is 14.5 Å². The van der Waals surface area contributed by atoms with E-state index in [1.54, 1.807) is 11.0 Å². The third-order valence-electron chi connectivity index (χ3n) is 5.73. The highest BCUT2D eigenvalue weighted by Crippen LogP contribution is 2.54. The van der Waals surface area contributed by atoms with E-state index in [-0.39, 0.29) is 11.5 Å². The summed E-state index contributed by atoms with van der Waals surface area (Å²) >= 11 is 6.09. The second kappa shape index (κ2) is 4.93. The SMILES string of the molecule is O=Cc1c(Cl)ccnc1N1CCn2c(cc3c2[C@H]2CC[C@@H]3C2)C1=O. The Bertz CT molecular complexity index is 889. The van der Waals surface area contributed by atoms with E-state index in [9.17, 15) is 9.59 Å². The van der Waals surface area contributed by atoms with Gasteiger partial charge in [-0.25, -0.2) is 4.98 Å². The highest BCUT2D eigenvalue weighted by molar-refractivity contribution is 6.33. The topological polar surface area (TPSA) is 55.2 Å². The van der Waals surface area contributed by atoms with Gasteiger partial charge in [-0.1, -0.05) is 11.6 Å². The molecule has 2 aromatic heterocycles. The van der Waals surface area contributed by atoms with Gasteiger partial charge in [0.15, 0.2) is 6.29 Å². The number of aromatic nitrogens is 2. The van der Waals surface area contributed by atoms with Crippen LogP contribution in [0.4, 0.5) is 5.82 Å². The summed E-state index contributed by atoms with van der Waals surface area (Å²) in [6, 6.07) is 3.64.